The van der Waals surface area contributed by atoms with Gasteiger partial charge in [-0.05, 0) is 64.9 Å². The van der Waals surface area contributed by atoms with E-state index >= 15 is 0 Å². The van der Waals surface area contributed by atoms with Crippen molar-refractivity contribution in [1.82, 2.24) is 9.80 Å². The summed E-state index contributed by atoms with van der Waals surface area (Å²) in [5.41, 5.74) is 0.542. The van der Waals surface area contributed by atoms with Crippen LogP contribution in [0.4, 0.5) is 0 Å². The Bertz CT molecular complexity index is 519. The molecule has 0 radical (unpaired) electrons. The molecule has 2 rings (SSSR count). The molecule has 0 aliphatic carbocycles. The Kier molecular flexibility index (Phi) is 7.31. The predicted molar refractivity (Wildman–Crippen MR) is 95.2 cm³/mol. The molecule has 0 unspecified atom stereocenters. The Labute approximate surface area is 145 Å². The Morgan fingerprint density at radius 2 is 2.12 bits per heavy atom. The largest absolute Gasteiger partial charge is 0.465 e. The highest BCUT2D eigenvalue weighted by Crippen LogP contribution is 2.22. The van der Waals surface area contributed by atoms with Gasteiger partial charge >= 0.3 is 5.97 Å². The quantitative estimate of drug-likeness (QED) is 0.682. The van der Waals surface area contributed by atoms with E-state index in [4.69, 9.17) is 9.15 Å². The van der Waals surface area contributed by atoms with E-state index in [0.29, 0.717) is 11.3 Å². The van der Waals surface area contributed by atoms with Gasteiger partial charge < -0.3 is 14.1 Å². The van der Waals surface area contributed by atoms with Crippen LogP contribution >= 0.6 is 0 Å². The molecule has 1 aliphatic rings. The van der Waals surface area contributed by atoms with E-state index in [2.05, 4.69) is 23.8 Å². The lowest BCUT2D eigenvalue weighted by Gasteiger charge is -2.33. The second-order valence-corrected chi connectivity index (χ2v) is 7.01. The van der Waals surface area contributed by atoms with E-state index in [1.165, 1.54) is 45.9 Å². The first-order chi connectivity index (χ1) is 11.5. The molecule has 0 amide bonds. The van der Waals surface area contributed by atoms with Crippen LogP contribution in [0.1, 0.15) is 54.5 Å². The zero-order chi connectivity index (χ0) is 17.5. The molecule has 1 aromatic rings. The topological polar surface area (TPSA) is 45.9 Å². The summed E-state index contributed by atoms with van der Waals surface area (Å²) in [7, 11) is 3.64. The number of carbonyl (C=O) groups excluding carboxylic acids is 1. The molecule has 1 aliphatic heterocycles. The van der Waals surface area contributed by atoms with Gasteiger partial charge in [-0.25, -0.2) is 4.79 Å². The van der Waals surface area contributed by atoms with Crippen LogP contribution < -0.4 is 0 Å². The highest BCUT2D eigenvalue weighted by atomic mass is 16.5. The standard InChI is InChI=1S/C19H32N2O3/c1-5-6-9-20(3)13-16-7-10-21(11-8-16)14-17-12-18(15(2)24-17)19(22)23-4/h12,16H,5-11,13-14H2,1-4H3. The van der Waals surface area contributed by atoms with Gasteiger partial charge in [0.1, 0.15) is 17.1 Å². The summed E-state index contributed by atoms with van der Waals surface area (Å²) in [6, 6.07) is 1.83. The molecule has 1 saturated heterocycles. The van der Waals surface area contributed by atoms with Crippen molar-refractivity contribution in [2.24, 2.45) is 5.92 Å². The smallest absolute Gasteiger partial charge is 0.341 e. The van der Waals surface area contributed by atoms with Crippen LogP contribution in [0.3, 0.4) is 0 Å². The summed E-state index contributed by atoms with van der Waals surface area (Å²) in [5, 5.41) is 0. The van der Waals surface area contributed by atoms with Crippen LogP contribution in [0.15, 0.2) is 10.5 Å². The number of ether oxygens (including phenoxy) is 1. The molecule has 1 fully saturated rings. The van der Waals surface area contributed by atoms with E-state index in [-0.39, 0.29) is 5.97 Å². The highest BCUT2D eigenvalue weighted by molar-refractivity contribution is 5.90. The molecule has 136 valence electrons. The lowest BCUT2D eigenvalue weighted by atomic mass is 9.96. The van der Waals surface area contributed by atoms with Gasteiger partial charge in [0.2, 0.25) is 0 Å². The summed E-state index contributed by atoms with van der Waals surface area (Å²) in [5.74, 6) is 1.97. The van der Waals surface area contributed by atoms with Crippen molar-refractivity contribution in [3.8, 4) is 0 Å². The number of likely N-dealkylation sites (tertiary alicyclic amines) is 1. The monoisotopic (exact) mass is 336 g/mol. The molecule has 24 heavy (non-hydrogen) atoms. The third-order valence-corrected chi connectivity index (χ3v) is 4.92. The SMILES string of the molecule is CCCCN(C)CC1CCN(Cc2cc(C(=O)OC)c(C)o2)CC1. The fraction of sp³-hybridized carbons (Fsp3) is 0.737. The van der Waals surface area contributed by atoms with Crippen LogP contribution in [-0.4, -0.2) is 56.1 Å². The van der Waals surface area contributed by atoms with Gasteiger partial charge in [-0.2, -0.15) is 0 Å². The lowest BCUT2D eigenvalue weighted by molar-refractivity contribution is 0.0599. The number of rotatable bonds is 8. The van der Waals surface area contributed by atoms with Crippen LogP contribution in [0.2, 0.25) is 0 Å². The first-order valence-electron chi connectivity index (χ1n) is 9.12. The van der Waals surface area contributed by atoms with Gasteiger partial charge in [0.05, 0.1) is 13.7 Å². The maximum Gasteiger partial charge on any atom is 0.341 e. The fourth-order valence-corrected chi connectivity index (χ4v) is 3.44. The van der Waals surface area contributed by atoms with Crippen LogP contribution in [0.25, 0.3) is 0 Å². The molecule has 0 N–H and O–H groups in total. The number of piperidine rings is 1. The van der Waals surface area contributed by atoms with Crippen molar-refractivity contribution in [2.45, 2.75) is 46.1 Å². The molecule has 0 atom stereocenters. The second-order valence-electron chi connectivity index (χ2n) is 7.01. The minimum atomic E-state index is -0.323. The van der Waals surface area contributed by atoms with Crippen molar-refractivity contribution < 1.29 is 13.9 Å². The first-order valence-corrected chi connectivity index (χ1v) is 9.12. The predicted octanol–water partition coefficient (Wildman–Crippen LogP) is 3.32. The molecule has 5 nitrogen and oxygen atoms in total. The van der Waals surface area contributed by atoms with Gasteiger partial charge in [-0.3, -0.25) is 4.90 Å². The van der Waals surface area contributed by atoms with Gasteiger partial charge in [0.25, 0.3) is 0 Å². The molecule has 2 heterocycles. The number of furan rings is 1. The Morgan fingerprint density at radius 1 is 1.42 bits per heavy atom. The second kappa shape index (κ2) is 9.23. The Morgan fingerprint density at radius 3 is 2.75 bits per heavy atom. The number of hydrogen-bond donors (Lipinski definition) is 0. The Hall–Kier alpha value is -1.33. The number of methoxy groups -OCH3 is 1. The van der Waals surface area contributed by atoms with Crippen molar-refractivity contribution in [3.05, 3.63) is 23.2 Å². The summed E-state index contributed by atoms with van der Waals surface area (Å²) in [4.78, 5) is 16.6. The molecular formula is C19H32N2O3. The van der Waals surface area contributed by atoms with Gasteiger partial charge in [0, 0.05) is 6.54 Å². The lowest BCUT2D eigenvalue weighted by Crippen LogP contribution is -2.37. The van der Waals surface area contributed by atoms with Crippen molar-refractivity contribution in [2.75, 3.05) is 40.3 Å². The molecule has 1 aromatic heterocycles. The maximum atomic E-state index is 11.7. The van der Waals surface area contributed by atoms with Gasteiger partial charge in [-0.15, -0.1) is 0 Å². The molecule has 0 spiro atoms. The first kappa shape index (κ1) is 19.0. The summed E-state index contributed by atoms with van der Waals surface area (Å²) >= 11 is 0. The van der Waals surface area contributed by atoms with Crippen LogP contribution in [-0.2, 0) is 11.3 Å². The van der Waals surface area contributed by atoms with Crippen molar-refractivity contribution in [3.63, 3.8) is 0 Å². The van der Waals surface area contributed by atoms with E-state index in [0.717, 1.165) is 31.3 Å². The van der Waals surface area contributed by atoms with Crippen molar-refractivity contribution >= 4 is 5.97 Å². The highest BCUT2D eigenvalue weighted by Gasteiger charge is 2.22. The minimum absolute atomic E-state index is 0.323. The van der Waals surface area contributed by atoms with E-state index in [1.807, 2.05) is 13.0 Å². The third-order valence-electron chi connectivity index (χ3n) is 4.92. The normalized spacial score (nSPS) is 16.7. The zero-order valence-corrected chi connectivity index (χ0v) is 15.6. The average molecular weight is 336 g/mol. The fourth-order valence-electron chi connectivity index (χ4n) is 3.44. The molecule has 0 aromatic carbocycles. The van der Waals surface area contributed by atoms with E-state index in [9.17, 15) is 4.79 Å². The molecule has 5 heteroatoms. The van der Waals surface area contributed by atoms with Gasteiger partial charge in [-0.1, -0.05) is 13.3 Å². The summed E-state index contributed by atoms with van der Waals surface area (Å²) in [6.07, 6.45) is 5.02. The van der Waals surface area contributed by atoms with E-state index < -0.39 is 0 Å². The number of hydrogen-bond acceptors (Lipinski definition) is 5. The minimum Gasteiger partial charge on any atom is -0.465 e. The number of esters is 1. The zero-order valence-electron chi connectivity index (χ0n) is 15.6. The molecule has 0 saturated carbocycles. The summed E-state index contributed by atoms with van der Waals surface area (Å²) < 4.78 is 10.5. The van der Waals surface area contributed by atoms with Gasteiger partial charge in [0.15, 0.2) is 0 Å². The van der Waals surface area contributed by atoms with Crippen LogP contribution in [0.5, 0.6) is 0 Å². The maximum absolute atomic E-state index is 11.7. The van der Waals surface area contributed by atoms with E-state index in [1.54, 1.807) is 0 Å². The number of unbranched alkanes of at least 4 members (excludes halogenated alkanes) is 1. The van der Waals surface area contributed by atoms with Crippen molar-refractivity contribution in [1.29, 1.82) is 0 Å². The Balaban J connectivity index is 1.78. The number of nitrogens with zero attached hydrogens (tertiary/aromatic N) is 2. The molecular weight excluding hydrogens is 304 g/mol. The third kappa shape index (κ3) is 5.35. The molecule has 0 bridgehead atoms. The number of aryl methyl sites for hydroxylation is 1. The average Bonchev–Trinajstić information content (AvgIpc) is 2.94. The number of carbonyl (C=O) groups is 1. The summed E-state index contributed by atoms with van der Waals surface area (Å²) in [6.45, 7) is 9.44. The van der Waals surface area contributed by atoms with Crippen LogP contribution in [0, 0.1) is 12.8 Å².